The number of H-pyrrole nitrogens is 1. The summed E-state index contributed by atoms with van der Waals surface area (Å²) in [6.07, 6.45) is 0.205. The maximum Gasteiger partial charge on any atom is 0.257 e. The highest BCUT2D eigenvalue weighted by atomic mass is 32.1. The van der Waals surface area contributed by atoms with Crippen molar-refractivity contribution in [1.29, 1.82) is 0 Å². The third-order valence-corrected chi connectivity index (χ3v) is 5.54. The predicted molar refractivity (Wildman–Crippen MR) is 114 cm³/mol. The van der Waals surface area contributed by atoms with Crippen LogP contribution in [0.3, 0.4) is 0 Å². The Labute approximate surface area is 173 Å². The smallest absolute Gasteiger partial charge is 0.257 e. The minimum Gasteiger partial charge on any atom is -0.489 e. The zero-order chi connectivity index (χ0) is 20.5. The first kappa shape index (κ1) is 19.1. The van der Waals surface area contributed by atoms with E-state index in [1.807, 2.05) is 43.3 Å². The van der Waals surface area contributed by atoms with Gasteiger partial charge in [-0.25, -0.2) is 0 Å². The third kappa shape index (κ3) is 3.86. The standard InChI is InChI=1S/C22H21N3O3S/c1-13-3-5-14(6-4-13)12-28-16-9-7-15(8-10-16)17-11-18(26)23-20-19(17)21(27)24-22(29)25(20)2/h3-10,17H,11-12H2,1-2H3,(H,23,26)(H,24,27,29). The van der Waals surface area contributed by atoms with Gasteiger partial charge in [0.1, 0.15) is 18.2 Å². The molecule has 1 unspecified atom stereocenters. The molecule has 0 saturated heterocycles. The normalized spacial score (nSPS) is 15.5. The van der Waals surface area contributed by atoms with E-state index in [0.717, 1.165) is 16.9 Å². The minimum absolute atomic E-state index is 0.141. The zero-order valence-electron chi connectivity index (χ0n) is 16.2. The fourth-order valence-corrected chi connectivity index (χ4v) is 3.70. The minimum atomic E-state index is -0.338. The van der Waals surface area contributed by atoms with Crippen LogP contribution in [0.1, 0.15) is 34.6 Å². The molecule has 3 aromatic rings. The number of nitrogens with one attached hydrogen (secondary N) is 2. The summed E-state index contributed by atoms with van der Waals surface area (Å²) in [4.78, 5) is 27.5. The van der Waals surface area contributed by atoms with Crippen molar-refractivity contribution >= 4 is 23.9 Å². The second-order valence-electron chi connectivity index (χ2n) is 7.23. The molecule has 6 nitrogen and oxygen atoms in total. The molecule has 2 aromatic carbocycles. The largest absolute Gasteiger partial charge is 0.489 e. The monoisotopic (exact) mass is 407 g/mol. The average Bonchev–Trinajstić information content (AvgIpc) is 2.71. The lowest BCUT2D eigenvalue weighted by Crippen LogP contribution is -2.33. The molecule has 4 rings (SSSR count). The molecule has 2 N–H and O–H groups in total. The van der Waals surface area contributed by atoms with Crippen molar-refractivity contribution in [2.24, 2.45) is 7.05 Å². The number of aromatic nitrogens is 2. The second kappa shape index (κ2) is 7.67. The van der Waals surface area contributed by atoms with Gasteiger partial charge in [-0.3, -0.25) is 14.6 Å². The van der Waals surface area contributed by atoms with E-state index in [9.17, 15) is 9.59 Å². The molecule has 1 aromatic heterocycles. The number of fused-ring (bicyclic) bond motifs is 1. The first-order valence-electron chi connectivity index (χ1n) is 9.34. The number of aryl methyl sites for hydroxylation is 1. The molecule has 1 amide bonds. The number of aromatic amines is 1. The van der Waals surface area contributed by atoms with Crippen LogP contribution in [-0.2, 0) is 18.4 Å². The highest BCUT2D eigenvalue weighted by molar-refractivity contribution is 7.71. The predicted octanol–water partition coefficient (Wildman–Crippen LogP) is 3.80. The summed E-state index contributed by atoms with van der Waals surface area (Å²) in [5, 5.41) is 2.78. The summed E-state index contributed by atoms with van der Waals surface area (Å²) in [6.45, 7) is 2.53. The van der Waals surface area contributed by atoms with Crippen LogP contribution in [0.5, 0.6) is 5.75 Å². The summed E-state index contributed by atoms with van der Waals surface area (Å²) in [7, 11) is 1.72. The summed E-state index contributed by atoms with van der Waals surface area (Å²) in [5.41, 5.74) is 3.44. The van der Waals surface area contributed by atoms with E-state index in [2.05, 4.69) is 22.4 Å². The number of nitrogens with zero attached hydrogens (tertiary/aromatic N) is 1. The molecule has 29 heavy (non-hydrogen) atoms. The van der Waals surface area contributed by atoms with Crippen molar-refractivity contribution < 1.29 is 9.53 Å². The molecule has 0 bridgehead atoms. The van der Waals surface area contributed by atoms with Crippen molar-refractivity contribution in [3.05, 3.63) is 85.9 Å². The Morgan fingerprint density at radius 1 is 1.10 bits per heavy atom. The Balaban J connectivity index is 1.59. The van der Waals surface area contributed by atoms with E-state index >= 15 is 0 Å². The number of benzene rings is 2. The van der Waals surface area contributed by atoms with Crippen LogP contribution in [0.25, 0.3) is 0 Å². The lowest BCUT2D eigenvalue weighted by Gasteiger charge is -2.26. The van der Waals surface area contributed by atoms with Crippen molar-refractivity contribution in [1.82, 2.24) is 9.55 Å². The van der Waals surface area contributed by atoms with Gasteiger partial charge in [0.05, 0.1) is 5.56 Å². The molecule has 0 spiro atoms. The van der Waals surface area contributed by atoms with Gasteiger partial charge in [-0.2, -0.15) is 0 Å². The van der Waals surface area contributed by atoms with E-state index in [4.69, 9.17) is 17.0 Å². The molecule has 148 valence electrons. The first-order chi connectivity index (χ1) is 13.9. The van der Waals surface area contributed by atoms with Crippen LogP contribution in [0.2, 0.25) is 0 Å². The van der Waals surface area contributed by atoms with Crippen LogP contribution in [0, 0.1) is 11.7 Å². The van der Waals surface area contributed by atoms with Gasteiger partial charge < -0.3 is 14.6 Å². The molecule has 2 heterocycles. The fraction of sp³-hybridized carbons (Fsp3) is 0.227. The van der Waals surface area contributed by atoms with Crippen molar-refractivity contribution in [2.45, 2.75) is 25.9 Å². The van der Waals surface area contributed by atoms with Crippen molar-refractivity contribution in [3.63, 3.8) is 0 Å². The number of carbonyl (C=O) groups is 1. The van der Waals surface area contributed by atoms with Gasteiger partial charge in [0.25, 0.3) is 5.56 Å². The van der Waals surface area contributed by atoms with Crippen molar-refractivity contribution in [2.75, 3.05) is 5.32 Å². The highest BCUT2D eigenvalue weighted by Crippen LogP contribution is 2.35. The summed E-state index contributed by atoms with van der Waals surface area (Å²) >= 11 is 5.15. The quantitative estimate of drug-likeness (QED) is 0.645. The second-order valence-corrected chi connectivity index (χ2v) is 7.62. The molecule has 1 aliphatic rings. The van der Waals surface area contributed by atoms with E-state index in [0.29, 0.717) is 18.0 Å². The number of anilines is 1. The molecule has 0 aliphatic carbocycles. The number of rotatable bonds is 4. The van der Waals surface area contributed by atoms with Gasteiger partial charge >= 0.3 is 0 Å². The number of hydrogen-bond acceptors (Lipinski definition) is 4. The molecular formula is C22H21N3O3S. The van der Waals surface area contributed by atoms with Gasteiger partial charge in [-0.05, 0) is 42.4 Å². The summed E-state index contributed by atoms with van der Waals surface area (Å²) < 4.78 is 7.75. The zero-order valence-corrected chi connectivity index (χ0v) is 17.0. The molecule has 0 fully saturated rings. The van der Waals surface area contributed by atoms with Crippen LogP contribution in [0.4, 0.5) is 5.82 Å². The Hall–Kier alpha value is -3.19. The number of carbonyl (C=O) groups excluding carboxylic acids is 1. The maximum atomic E-state index is 12.6. The van der Waals surface area contributed by atoms with Gasteiger partial charge in [-0.1, -0.05) is 42.0 Å². The lowest BCUT2D eigenvalue weighted by molar-refractivity contribution is -0.116. The molecule has 0 radical (unpaired) electrons. The summed E-state index contributed by atoms with van der Waals surface area (Å²) in [5.74, 6) is 0.711. The van der Waals surface area contributed by atoms with Crippen LogP contribution in [0.15, 0.2) is 53.3 Å². The van der Waals surface area contributed by atoms with E-state index < -0.39 is 0 Å². The van der Waals surface area contributed by atoms with Gasteiger partial charge in [-0.15, -0.1) is 0 Å². The number of amides is 1. The fourth-order valence-electron chi connectivity index (χ4n) is 3.51. The molecule has 0 saturated carbocycles. The van der Waals surface area contributed by atoms with Crippen molar-refractivity contribution in [3.8, 4) is 5.75 Å². The Kier molecular flexibility index (Phi) is 5.07. The van der Waals surface area contributed by atoms with Crippen LogP contribution in [-0.4, -0.2) is 15.5 Å². The first-order valence-corrected chi connectivity index (χ1v) is 9.74. The molecule has 1 aliphatic heterocycles. The van der Waals surface area contributed by atoms with Crippen LogP contribution < -0.4 is 15.6 Å². The molecular weight excluding hydrogens is 386 g/mol. The summed E-state index contributed by atoms with van der Waals surface area (Å²) in [6, 6.07) is 15.7. The third-order valence-electron chi connectivity index (χ3n) is 5.16. The Bertz CT molecular complexity index is 1180. The lowest BCUT2D eigenvalue weighted by atomic mass is 9.87. The van der Waals surface area contributed by atoms with Gasteiger partial charge in [0.2, 0.25) is 5.91 Å². The number of ether oxygens (including phenoxy) is 1. The number of hydrogen-bond donors (Lipinski definition) is 2. The van der Waals surface area contributed by atoms with Crippen LogP contribution >= 0.6 is 12.2 Å². The van der Waals surface area contributed by atoms with E-state index in [-0.39, 0.29) is 28.6 Å². The van der Waals surface area contributed by atoms with E-state index in [1.165, 1.54) is 5.56 Å². The van der Waals surface area contributed by atoms with E-state index in [1.54, 1.807) is 11.6 Å². The highest BCUT2D eigenvalue weighted by Gasteiger charge is 2.31. The SMILES string of the molecule is Cc1ccc(COc2ccc(C3CC(=O)Nc4c3c(=O)[nH]c(=S)n4C)cc2)cc1. The topological polar surface area (TPSA) is 76.1 Å². The van der Waals surface area contributed by atoms with Gasteiger partial charge in [0.15, 0.2) is 4.77 Å². The molecule has 1 atom stereocenters. The Morgan fingerprint density at radius 2 is 1.79 bits per heavy atom. The molecule has 7 heteroatoms. The Morgan fingerprint density at radius 3 is 2.48 bits per heavy atom. The maximum absolute atomic E-state index is 12.6. The average molecular weight is 407 g/mol. The van der Waals surface area contributed by atoms with Gasteiger partial charge in [0, 0.05) is 19.4 Å².